The van der Waals surface area contributed by atoms with Gasteiger partial charge >= 0.3 is 0 Å². The van der Waals surface area contributed by atoms with E-state index < -0.39 is 0 Å². The van der Waals surface area contributed by atoms with Gasteiger partial charge in [0, 0.05) is 18.6 Å². The summed E-state index contributed by atoms with van der Waals surface area (Å²) in [4.78, 5) is 0. The largest absolute Gasteiger partial charge is 0.381 e. The van der Waals surface area contributed by atoms with E-state index in [4.69, 9.17) is 10.5 Å². The molecule has 2 N–H and O–H groups in total. The Hall–Kier alpha value is -0.930. The van der Waals surface area contributed by atoms with Gasteiger partial charge in [0.25, 0.3) is 0 Å². The maximum Gasteiger partial charge on any atom is 0.123 e. The first kappa shape index (κ1) is 11.6. The molecule has 1 aromatic carbocycles. The van der Waals surface area contributed by atoms with Crippen molar-refractivity contribution in [3.8, 4) is 0 Å². The Morgan fingerprint density at radius 2 is 2.00 bits per heavy atom. The molecule has 0 saturated carbocycles. The van der Waals surface area contributed by atoms with Gasteiger partial charge in [-0.05, 0) is 49.1 Å². The molecule has 3 heteroatoms. The fourth-order valence-electron chi connectivity index (χ4n) is 2.52. The summed E-state index contributed by atoms with van der Waals surface area (Å²) in [6.07, 6.45) is 0.997. The van der Waals surface area contributed by atoms with Crippen LogP contribution >= 0.6 is 0 Å². The highest BCUT2D eigenvalue weighted by Gasteiger charge is 2.26. The van der Waals surface area contributed by atoms with Crippen molar-refractivity contribution in [1.29, 1.82) is 0 Å². The third-order valence-corrected chi connectivity index (χ3v) is 3.36. The lowest BCUT2D eigenvalue weighted by atomic mass is 9.87. The minimum absolute atomic E-state index is 0.0388. The lowest BCUT2D eigenvalue weighted by Crippen LogP contribution is -2.23. The predicted octanol–water partition coefficient (Wildman–Crippen LogP) is 2.48. The van der Waals surface area contributed by atoms with Gasteiger partial charge in [-0.2, -0.15) is 0 Å². The minimum atomic E-state index is -0.186. The van der Waals surface area contributed by atoms with Gasteiger partial charge in [0.15, 0.2) is 0 Å². The zero-order chi connectivity index (χ0) is 11.7. The third-order valence-electron chi connectivity index (χ3n) is 3.36. The van der Waals surface area contributed by atoms with Crippen molar-refractivity contribution in [1.82, 2.24) is 0 Å². The molecule has 1 heterocycles. The maximum atomic E-state index is 13.2. The van der Waals surface area contributed by atoms with Crippen LogP contribution in [0.1, 0.15) is 29.2 Å². The van der Waals surface area contributed by atoms with E-state index in [9.17, 15) is 4.39 Å². The van der Waals surface area contributed by atoms with Crippen LogP contribution in [0.4, 0.5) is 4.39 Å². The molecule has 1 aliphatic rings. The van der Waals surface area contributed by atoms with Crippen molar-refractivity contribution >= 4 is 0 Å². The summed E-state index contributed by atoms with van der Waals surface area (Å²) in [5, 5.41) is 0. The normalized spacial score (nSPS) is 22.4. The van der Waals surface area contributed by atoms with E-state index in [0.717, 1.165) is 36.3 Å². The van der Waals surface area contributed by atoms with Crippen molar-refractivity contribution in [2.45, 2.75) is 26.3 Å². The van der Waals surface area contributed by atoms with Crippen LogP contribution in [0.2, 0.25) is 0 Å². The first-order valence-electron chi connectivity index (χ1n) is 5.69. The van der Waals surface area contributed by atoms with Gasteiger partial charge in [0.05, 0.1) is 6.61 Å². The molecule has 1 saturated heterocycles. The Kier molecular flexibility index (Phi) is 3.26. The van der Waals surface area contributed by atoms with Gasteiger partial charge in [0.1, 0.15) is 5.82 Å². The van der Waals surface area contributed by atoms with Crippen LogP contribution in [0.25, 0.3) is 0 Å². The summed E-state index contributed by atoms with van der Waals surface area (Å²) in [7, 11) is 0. The highest BCUT2D eigenvalue weighted by Crippen LogP contribution is 2.31. The lowest BCUT2D eigenvalue weighted by Gasteiger charge is -2.22. The molecule has 2 rings (SSSR count). The van der Waals surface area contributed by atoms with Crippen molar-refractivity contribution in [3.05, 3.63) is 34.6 Å². The van der Waals surface area contributed by atoms with E-state index >= 15 is 0 Å². The zero-order valence-electron chi connectivity index (χ0n) is 9.79. The number of hydrogen-bond donors (Lipinski definition) is 1. The number of rotatable bonds is 2. The summed E-state index contributed by atoms with van der Waals surface area (Å²) in [5.74, 6) is 0.177. The molecule has 0 aromatic heterocycles. The standard InChI is InChI=1S/C13H18FNO/c1-8-5-11(14)6-9(2)12(8)13(15)10-3-4-16-7-10/h5-6,10,13H,3-4,7,15H2,1-2H3. The van der Waals surface area contributed by atoms with Crippen molar-refractivity contribution < 1.29 is 9.13 Å². The summed E-state index contributed by atoms with van der Waals surface area (Å²) >= 11 is 0. The highest BCUT2D eigenvalue weighted by atomic mass is 19.1. The molecule has 2 nitrogen and oxygen atoms in total. The number of nitrogens with two attached hydrogens (primary N) is 1. The molecule has 88 valence electrons. The van der Waals surface area contributed by atoms with E-state index in [-0.39, 0.29) is 11.9 Å². The molecule has 1 aliphatic heterocycles. The van der Waals surface area contributed by atoms with E-state index in [1.54, 1.807) is 12.1 Å². The van der Waals surface area contributed by atoms with Crippen molar-refractivity contribution in [3.63, 3.8) is 0 Å². The smallest absolute Gasteiger partial charge is 0.123 e. The highest BCUT2D eigenvalue weighted by molar-refractivity contribution is 5.37. The summed E-state index contributed by atoms with van der Waals surface area (Å²) < 4.78 is 18.5. The van der Waals surface area contributed by atoms with E-state index in [1.165, 1.54) is 0 Å². The Labute approximate surface area is 95.6 Å². The van der Waals surface area contributed by atoms with Crippen LogP contribution < -0.4 is 5.73 Å². The van der Waals surface area contributed by atoms with Crippen molar-refractivity contribution in [2.75, 3.05) is 13.2 Å². The first-order valence-corrected chi connectivity index (χ1v) is 5.69. The van der Waals surface area contributed by atoms with Crippen LogP contribution in [0.15, 0.2) is 12.1 Å². The molecule has 2 unspecified atom stereocenters. The Bertz CT molecular complexity index is 363. The summed E-state index contributed by atoms with van der Waals surface area (Å²) in [6, 6.07) is 3.07. The molecule has 16 heavy (non-hydrogen) atoms. The summed E-state index contributed by atoms with van der Waals surface area (Å²) in [5.41, 5.74) is 9.21. The van der Waals surface area contributed by atoms with Crippen LogP contribution in [0.5, 0.6) is 0 Å². The molecule has 0 amide bonds. The number of halogens is 1. The van der Waals surface area contributed by atoms with Crippen LogP contribution in [0.3, 0.4) is 0 Å². The number of ether oxygens (including phenoxy) is 1. The topological polar surface area (TPSA) is 35.2 Å². The second-order valence-electron chi connectivity index (χ2n) is 4.60. The lowest BCUT2D eigenvalue weighted by molar-refractivity contribution is 0.181. The molecule has 2 atom stereocenters. The number of aryl methyl sites for hydroxylation is 2. The molecular weight excluding hydrogens is 205 g/mol. The SMILES string of the molecule is Cc1cc(F)cc(C)c1C(N)C1CCOC1. The van der Waals surface area contributed by atoms with Gasteiger partial charge in [-0.25, -0.2) is 4.39 Å². The average molecular weight is 223 g/mol. The second kappa shape index (κ2) is 4.52. The molecule has 1 aromatic rings. The molecule has 1 fully saturated rings. The molecule has 0 bridgehead atoms. The fraction of sp³-hybridized carbons (Fsp3) is 0.538. The fourth-order valence-corrected chi connectivity index (χ4v) is 2.52. The minimum Gasteiger partial charge on any atom is -0.381 e. The Morgan fingerprint density at radius 3 is 2.50 bits per heavy atom. The number of hydrogen-bond acceptors (Lipinski definition) is 2. The maximum absolute atomic E-state index is 13.2. The molecule has 0 aliphatic carbocycles. The Morgan fingerprint density at radius 1 is 1.38 bits per heavy atom. The zero-order valence-corrected chi connectivity index (χ0v) is 9.79. The second-order valence-corrected chi connectivity index (χ2v) is 4.60. The van der Waals surface area contributed by atoms with Crippen LogP contribution in [-0.4, -0.2) is 13.2 Å². The van der Waals surface area contributed by atoms with Gasteiger partial charge in [-0.15, -0.1) is 0 Å². The quantitative estimate of drug-likeness (QED) is 0.836. The van der Waals surface area contributed by atoms with E-state index in [2.05, 4.69) is 0 Å². The number of benzene rings is 1. The monoisotopic (exact) mass is 223 g/mol. The molecular formula is C13H18FNO. The first-order chi connectivity index (χ1) is 7.59. The van der Waals surface area contributed by atoms with Gasteiger partial charge < -0.3 is 10.5 Å². The van der Waals surface area contributed by atoms with Crippen LogP contribution in [0, 0.1) is 25.6 Å². The molecule has 0 spiro atoms. The molecule has 0 radical (unpaired) electrons. The predicted molar refractivity (Wildman–Crippen MR) is 61.7 cm³/mol. The van der Waals surface area contributed by atoms with Crippen molar-refractivity contribution in [2.24, 2.45) is 11.7 Å². The van der Waals surface area contributed by atoms with Gasteiger partial charge in [-0.1, -0.05) is 0 Å². The summed E-state index contributed by atoms with van der Waals surface area (Å²) in [6.45, 7) is 5.34. The van der Waals surface area contributed by atoms with E-state index in [1.807, 2.05) is 13.8 Å². The van der Waals surface area contributed by atoms with Gasteiger partial charge in [-0.3, -0.25) is 0 Å². The average Bonchev–Trinajstić information content (AvgIpc) is 2.67. The van der Waals surface area contributed by atoms with Gasteiger partial charge in [0.2, 0.25) is 0 Å². The van der Waals surface area contributed by atoms with Crippen LogP contribution in [-0.2, 0) is 4.74 Å². The Balaban J connectivity index is 2.31. The third kappa shape index (κ3) is 2.11. The van der Waals surface area contributed by atoms with E-state index in [0.29, 0.717) is 5.92 Å².